The predicted octanol–water partition coefficient (Wildman–Crippen LogP) is 1.73. The van der Waals surface area contributed by atoms with E-state index in [9.17, 15) is 10.1 Å². The van der Waals surface area contributed by atoms with Crippen molar-refractivity contribution < 1.29 is 4.92 Å². The zero-order valence-corrected chi connectivity index (χ0v) is 10.4. The van der Waals surface area contributed by atoms with Crippen LogP contribution in [0.3, 0.4) is 0 Å². The summed E-state index contributed by atoms with van der Waals surface area (Å²) >= 11 is 0. The molecule has 20 heavy (non-hydrogen) atoms. The Bertz CT molecular complexity index is 667. The lowest BCUT2D eigenvalue weighted by molar-refractivity contribution is -0.384. The quantitative estimate of drug-likeness (QED) is 0.394. The first-order valence-corrected chi connectivity index (χ1v) is 5.69. The molecule has 0 aliphatic carbocycles. The SMILES string of the molecule is NC(=N/N=C\c1cccc([N+](=O)[O-])c1)c1ccccn1. The first-order chi connectivity index (χ1) is 9.66. The van der Waals surface area contributed by atoms with Crippen molar-refractivity contribution in [1.29, 1.82) is 0 Å². The summed E-state index contributed by atoms with van der Waals surface area (Å²) in [6.07, 6.45) is 2.99. The Labute approximate surface area is 114 Å². The van der Waals surface area contributed by atoms with Crippen LogP contribution >= 0.6 is 0 Å². The highest BCUT2D eigenvalue weighted by atomic mass is 16.6. The summed E-state index contributed by atoms with van der Waals surface area (Å²) in [6, 6.07) is 11.3. The summed E-state index contributed by atoms with van der Waals surface area (Å²) < 4.78 is 0. The number of amidine groups is 1. The third kappa shape index (κ3) is 3.45. The molecule has 0 unspecified atom stereocenters. The second kappa shape index (κ2) is 6.19. The molecule has 2 rings (SSSR count). The fourth-order valence-electron chi connectivity index (χ4n) is 1.44. The minimum Gasteiger partial charge on any atom is -0.380 e. The Hall–Kier alpha value is -3.09. The van der Waals surface area contributed by atoms with Crippen molar-refractivity contribution in [2.45, 2.75) is 0 Å². The number of nitro benzene ring substituents is 1. The average molecular weight is 269 g/mol. The van der Waals surface area contributed by atoms with Crippen molar-refractivity contribution in [3.05, 3.63) is 70.0 Å². The van der Waals surface area contributed by atoms with Crippen LogP contribution in [0.2, 0.25) is 0 Å². The molecule has 1 heterocycles. The Morgan fingerprint density at radius 1 is 1.30 bits per heavy atom. The lowest BCUT2D eigenvalue weighted by Gasteiger charge is -1.95. The molecule has 2 N–H and O–H groups in total. The van der Waals surface area contributed by atoms with E-state index in [-0.39, 0.29) is 11.5 Å². The number of pyridine rings is 1. The average Bonchev–Trinajstić information content (AvgIpc) is 2.48. The fraction of sp³-hybridized carbons (Fsp3) is 0. The molecule has 0 saturated carbocycles. The number of rotatable bonds is 4. The van der Waals surface area contributed by atoms with E-state index >= 15 is 0 Å². The molecule has 100 valence electrons. The van der Waals surface area contributed by atoms with Crippen LogP contribution in [0.5, 0.6) is 0 Å². The normalized spacial score (nSPS) is 11.7. The predicted molar refractivity (Wildman–Crippen MR) is 75.7 cm³/mol. The van der Waals surface area contributed by atoms with E-state index in [0.717, 1.165) is 0 Å². The largest absolute Gasteiger partial charge is 0.380 e. The third-order valence-corrected chi connectivity index (χ3v) is 2.38. The molecule has 0 saturated heterocycles. The van der Waals surface area contributed by atoms with Crippen molar-refractivity contribution in [1.82, 2.24) is 4.98 Å². The van der Waals surface area contributed by atoms with Gasteiger partial charge in [0.05, 0.1) is 11.1 Å². The number of nitrogens with zero attached hydrogens (tertiary/aromatic N) is 4. The first kappa shape index (κ1) is 13.3. The molecule has 0 fully saturated rings. The molecule has 7 heteroatoms. The van der Waals surface area contributed by atoms with Crippen molar-refractivity contribution in [2.75, 3.05) is 0 Å². The van der Waals surface area contributed by atoms with Crippen LogP contribution in [0.1, 0.15) is 11.3 Å². The Balaban J connectivity index is 2.14. The molecule has 1 aromatic carbocycles. The minimum atomic E-state index is -0.469. The van der Waals surface area contributed by atoms with Gasteiger partial charge >= 0.3 is 0 Å². The number of aromatic nitrogens is 1. The van der Waals surface area contributed by atoms with Crippen molar-refractivity contribution >= 4 is 17.7 Å². The van der Waals surface area contributed by atoms with Crippen molar-refractivity contribution in [3.63, 3.8) is 0 Å². The summed E-state index contributed by atoms with van der Waals surface area (Å²) in [5.74, 6) is 0.173. The maximum Gasteiger partial charge on any atom is 0.270 e. The van der Waals surface area contributed by atoms with Gasteiger partial charge < -0.3 is 5.73 Å². The summed E-state index contributed by atoms with van der Waals surface area (Å²) in [6.45, 7) is 0. The molecule has 0 aliphatic heterocycles. The van der Waals surface area contributed by atoms with Gasteiger partial charge in [0.2, 0.25) is 0 Å². The van der Waals surface area contributed by atoms with Gasteiger partial charge in [-0.25, -0.2) is 0 Å². The van der Waals surface area contributed by atoms with Gasteiger partial charge in [-0.1, -0.05) is 18.2 Å². The Kier molecular flexibility index (Phi) is 4.13. The van der Waals surface area contributed by atoms with Gasteiger partial charge in [-0.2, -0.15) is 5.10 Å². The first-order valence-electron chi connectivity index (χ1n) is 5.69. The number of nitro groups is 1. The smallest absolute Gasteiger partial charge is 0.270 e. The summed E-state index contributed by atoms with van der Waals surface area (Å²) in [5.41, 5.74) is 6.78. The summed E-state index contributed by atoms with van der Waals surface area (Å²) in [7, 11) is 0. The lowest BCUT2D eigenvalue weighted by atomic mass is 10.2. The number of nitrogens with two attached hydrogens (primary N) is 1. The van der Waals surface area contributed by atoms with Gasteiger partial charge in [-0.05, 0) is 12.1 Å². The van der Waals surface area contributed by atoms with Crippen LogP contribution in [0, 0.1) is 10.1 Å². The molecule has 2 aromatic rings. The summed E-state index contributed by atoms with van der Waals surface area (Å²) in [4.78, 5) is 14.2. The van der Waals surface area contributed by atoms with E-state index in [0.29, 0.717) is 11.3 Å². The van der Waals surface area contributed by atoms with E-state index in [1.54, 1.807) is 36.5 Å². The maximum atomic E-state index is 10.6. The topological polar surface area (TPSA) is 107 Å². The molecule has 0 atom stereocenters. The maximum absolute atomic E-state index is 10.6. The fourth-order valence-corrected chi connectivity index (χ4v) is 1.44. The van der Waals surface area contributed by atoms with E-state index in [4.69, 9.17) is 5.73 Å². The summed E-state index contributed by atoms with van der Waals surface area (Å²) in [5, 5.41) is 18.2. The van der Waals surface area contributed by atoms with Gasteiger partial charge in [-0.15, -0.1) is 5.10 Å². The third-order valence-electron chi connectivity index (χ3n) is 2.38. The molecular weight excluding hydrogens is 258 g/mol. The number of hydrogen-bond acceptors (Lipinski definition) is 5. The zero-order chi connectivity index (χ0) is 14.4. The minimum absolute atomic E-state index is 0.00405. The highest BCUT2D eigenvalue weighted by molar-refractivity contribution is 5.95. The Morgan fingerprint density at radius 3 is 2.85 bits per heavy atom. The van der Waals surface area contributed by atoms with Crippen molar-refractivity contribution in [3.8, 4) is 0 Å². The molecule has 0 amide bonds. The van der Waals surface area contributed by atoms with Crippen LogP contribution in [-0.4, -0.2) is 22.0 Å². The van der Waals surface area contributed by atoms with Crippen molar-refractivity contribution in [2.24, 2.45) is 15.9 Å². The number of non-ortho nitro benzene ring substituents is 1. The Morgan fingerprint density at radius 2 is 2.15 bits per heavy atom. The van der Waals surface area contributed by atoms with Crippen LogP contribution in [0.4, 0.5) is 5.69 Å². The second-order valence-electron chi connectivity index (χ2n) is 3.80. The molecule has 0 spiro atoms. The van der Waals surface area contributed by atoms with Gasteiger partial charge in [0.1, 0.15) is 5.69 Å². The highest BCUT2D eigenvalue weighted by Crippen LogP contribution is 2.11. The number of hydrogen-bond donors (Lipinski definition) is 1. The van der Waals surface area contributed by atoms with Gasteiger partial charge in [0.25, 0.3) is 5.69 Å². The monoisotopic (exact) mass is 269 g/mol. The highest BCUT2D eigenvalue weighted by Gasteiger charge is 2.03. The van der Waals surface area contributed by atoms with Crippen LogP contribution < -0.4 is 5.73 Å². The van der Waals surface area contributed by atoms with E-state index in [1.165, 1.54) is 18.3 Å². The molecule has 1 aromatic heterocycles. The van der Waals surface area contributed by atoms with E-state index in [1.807, 2.05) is 0 Å². The van der Waals surface area contributed by atoms with Gasteiger partial charge in [0.15, 0.2) is 5.84 Å². The molecule has 0 aliphatic rings. The van der Waals surface area contributed by atoms with Gasteiger partial charge in [-0.3, -0.25) is 15.1 Å². The number of benzene rings is 1. The van der Waals surface area contributed by atoms with Crippen LogP contribution in [0.25, 0.3) is 0 Å². The van der Waals surface area contributed by atoms with Crippen LogP contribution in [0.15, 0.2) is 58.9 Å². The second-order valence-corrected chi connectivity index (χ2v) is 3.80. The molecule has 7 nitrogen and oxygen atoms in total. The van der Waals surface area contributed by atoms with E-state index in [2.05, 4.69) is 15.2 Å². The van der Waals surface area contributed by atoms with E-state index < -0.39 is 4.92 Å². The molecular formula is C13H11N5O2. The molecule has 0 radical (unpaired) electrons. The molecule has 0 bridgehead atoms. The standard InChI is InChI=1S/C13H11N5O2/c14-13(12-6-1-2-7-15-12)17-16-9-10-4-3-5-11(8-10)18(19)20/h1-9H,(H2,14,17)/b16-9-. The zero-order valence-electron chi connectivity index (χ0n) is 10.4. The lowest BCUT2D eigenvalue weighted by Crippen LogP contribution is -2.14. The van der Waals surface area contributed by atoms with Crippen LogP contribution in [-0.2, 0) is 0 Å². The van der Waals surface area contributed by atoms with Gasteiger partial charge in [0, 0.05) is 23.9 Å².